The van der Waals surface area contributed by atoms with E-state index in [1.165, 1.54) is 11.3 Å². The van der Waals surface area contributed by atoms with Crippen LogP contribution in [0.5, 0.6) is 5.75 Å². The second-order valence-corrected chi connectivity index (χ2v) is 4.85. The molecule has 0 aliphatic heterocycles. The monoisotopic (exact) mass is 252 g/mol. The zero-order chi connectivity index (χ0) is 12.6. The van der Waals surface area contributed by atoms with Crippen LogP contribution in [0.3, 0.4) is 0 Å². The summed E-state index contributed by atoms with van der Waals surface area (Å²) >= 11 is 1.40. The molecule has 0 fully saturated rings. The summed E-state index contributed by atoms with van der Waals surface area (Å²) in [6, 6.07) is 5.47. The van der Waals surface area contributed by atoms with Crippen LogP contribution in [0.1, 0.15) is 17.8 Å². The quantitative estimate of drug-likeness (QED) is 0.566. The third-order valence-electron chi connectivity index (χ3n) is 2.53. The van der Waals surface area contributed by atoms with Crippen molar-refractivity contribution >= 4 is 27.5 Å². The average molecular weight is 252 g/mol. The number of rotatable bonds is 2. The predicted octanol–water partition coefficient (Wildman–Crippen LogP) is 2.44. The molecule has 0 aliphatic carbocycles. The van der Waals surface area contributed by atoms with Crippen LogP contribution >= 0.6 is 11.3 Å². The third kappa shape index (κ3) is 2.17. The number of nitrogens with zero attached hydrogens (tertiary/aromatic N) is 1. The number of amides is 2. The van der Waals surface area contributed by atoms with E-state index in [0.717, 1.165) is 15.0 Å². The van der Waals surface area contributed by atoms with Crippen molar-refractivity contribution in [2.75, 3.05) is 0 Å². The molecule has 1 heterocycles. The van der Waals surface area contributed by atoms with Gasteiger partial charge in [0, 0.05) is 9.58 Å². The molecule has 1 aromatic carbocycles. The number of fused-ring (bicyclic) bond motifs is 1. The minimum Gasteiger partial charge on any atom is -0.508 e. The molecule has 0 saturated heterocycles. The zero-order valence-corrected chi connectivity index (χ0v) is 9.94. The summed E-state index contributed by atoms with van der Waals surface area (Å²) in [5.74, 6) is 0.189. The molecule has 0 unspecified atom stereocenters. The Kier molecular flexibility index (Phi) is 2.91. The molecule has 1 aromatic heterocycles. The molecule has 2 amide bonds. The fraction of sp³-hybridized carbons (Fsp3) is 0.182. The number of hydrogen-bond acceptors (Lipinski definition) is 4. The first-order chi connectivity index (χ1) is 7.99. The number of carbonyl (C=O) groups is 1. The molecule has 6 heteroatoms. The van der Waals surface area contributed by atoms with Crippen molar-refractivity contribution in [2.45, 2.75) is 13.0 Å². The lowest BCUT2D eigenvalue weighted by Gasteiger charge is -2.18. The largest absolute Gasteiger partial charge is 0.508 e. The smallest absolute Gasteiger partial charge is 0.339 e. The van der Waals surface area contributed by atoms with Crippen molar-refractivity contribution in [1.29, 1.82) is 0 Å². The van der Waals surface area contributed by atoms with E-state index in [1.54, 1.807) is 25.1 Å². The summed E-state index contributed by atoms with van der Waals surface area (Å²) in [7, 11) is 0. The molecule has 0 bridgehead atoms. The summed E-state index contributed by atoms with van der Waals surface area (Å²) in [6.45, 7) is 1.68. The van der Waals surface area contributed by atoms with Gasteiger partial charge in [-0.3, -0.25) is 5.21 Å². The number of hydrogen-bond donors (Lipinski definition) is 3. The predicted molar refractivity (Wildman–Crippen MR) is 65.1 cm³/mol. The van der Waals surface area contributed by atoms with Crippen molar-refractivity contribution < 1.29 is 15.1 Å². The van der Waals surface area contributed by atoms with E-state index in [-0.39, 0.29) is 5.75 Å². The van der Waals surface area contributed by atoms with Gasteiger partial charge in [-0.25, -0.2) is 4.79 Å². The topological polar surface area (TPSA) is 86.8 Å². The van der Waals surface area contributed by atoms with Crippen molar-refractivity contribution in [3.8, 4) is 5.75 Å². The van der Waals surface area contributed by atoms with E-state index >= 15 is 0 Å². The van der Waals surface area contributed by atoms with Gasteiger partial charge in [0.1, 0.15) is 5.75 Å². The van der Waals surface area contributed by atoms with E-state index in [4.69, 9.17) is 5.73 Å². The van der Waals surface area contributed by atoms with Crippen LogP contribution in [-0.4, -0.2) is 21.4 Å². The zero-order valence-electron chi connectivity index (χ0n) is 9.12. The second kappa shape index (κ2) is 4.23. The Labute approximate surface area is 102 Å². The lowest BCUT2D eigenvalue weighted by atomic mass is 10.2. The molecule has 0 radical (unpaired) electrons. The number of carbonyl (C=O) groups excluding carboxylic acids is 1. The number of aromatic hydroxyl groups is 1. The molecule has 17 heavy (non-hydrogen) atoms. The van der Waals surface area contributed by atoms with Crippen LogP contribution in [0.4, 0.5) is 4.79 Å². The second-order valence-electron chi connectivity index (χ2n) is 3.73. The summed E-state index contributed by atoms with van der Waals surface area (Å²) in [5, 5.41) is 20.2. The average Bonchev–Trinajstić information content (AvgIpc) is 2.69. The van der Waals surface area contributed by atoms with Crippen molar-refractivity contribution in [3.05, 3.63) is 29.1 Å². The van der Waals surface area contributed by atoms with Crippen molar-refractivity contribution in [3.63, 3.8) is 0 Å². The molecule has 90 valence electrons. The Balaban J connectivity index is 2.39. The van der Waals surface area contributed by atoms with Gasteiger partial charge in [0.15, 0.2) is 0 Å². The fourth-order valence-electron chi connectivity index (χ4n) is 1.56. The number of phenolic OH excluding ortho intramolecular Hbond substituents is 1. The summed E-state index contributed by atoms with van der Waals surface area (Å²) < 4.78 is 0.893. The van der Waals surface area contributed by atoms with Gasteiger partial charge < -0.3 is 10.8 Å². The van der Waals surface area contributed by atoms with Gasteiger partial charge in [0.05, 0.1) is 6.04 Å². The first kappa shape index (κ1) is 11.7. The number of urea groups is 1. The Morgan fingerprint density at radius 3 is 2.82 bits per heavy atom. The molecule has 0 aliphatic rings. The Morgan fingerprint density at radius 2 is 2.18 bits per heavy atom. The molecule has 4 N–H and O–H groups in total. The van der Waals surface area contributed by atoms with Gasteiger partial charge in [0.2, 0.25) is 0 Å². The fourth-order valence-corrected chi connectivity index (χ4v) is 2.69. The van der Waals surface area contributed by atoms with E-state index in [1.807, 2.05) is 6.07 Å². The summed E-state index contributed by atoms with van der Waals surface area (Å²) in [6.07, 6.45) is 0. The molecule has 2 rings (SSSR count). The first-order valence-corrected chi connectivity index (χ1v) is 5.80. The van der Waals surface area contributed by atoms with Gasteiger partial charge >= 0.3 is 6.03 Å². The van der Waals surface area contributed by atoms with E-state index in [2.05, 4.69) is 0 Å². The number of primary amides is 1. The van der Waals surface area contributed by atoms with Gasteiger partial charge in [-0.2, -0.15) is 5.06 Å². The van der Waals surface area contributed by atoms with Gasteiger partial charge in [-0.15, -0.1) is 11.3 Å². The van der Waals surface area contributed by atoms with Crippen LogP contribution in [0.2, 0.25) is 0 Å². The number of thiophene rings is 1. The number of phenols is 1. The molecule has 0 saturated carbocycles. The van der Waals surface area contributed by atoms with Gasteiger partial charge in [-0.1, -0.05) is 0 Å². The van der Waals surface area contributed by atoms with Crippen LogP contribution < -0.4 is 5.73 Å². The Hall–Kier alpha value is -1.79. The first-order valence-electron chi connectivity index (χ1n) is 4.99. The molecular formula is C11H12N2O3S. The molecule has 1 atom stereocenters. The third-order valence-corrected chi connectivity index (χ3v) is 3.80. The lowest BCUT2D eigenvalue weighted by Crippen LogP contribution is -2.34. The maximum absolute atomic E-state index is 10.8. The standard InChI is InChI=1S/C11H12N2O3S/c1-6(13(16)11(12)15)9-4-7-2-3-8(14)5-10(7)17-9/h2-6,14,16H,1H3,(H2,12,15)/t6-/m0/s1. The van der Waals surface area contributed by atoms with Crippen LogP contribution in [-0.2, 0) is 0 Å². The summed E-state index contributed by atoms with van der Waals surface area (Å²) in [5.41, 5.74) is 4.99. The molecule has 2 aromatic rings. The van der Waals surface area contributed by atoms with Crippen LogP contribution in [0, 0.1) is 0 Å². The van der Waals surface area contributed by atoms with Crippen molar-refractivity contribution in [2.24, 2.45) is 5.73 Å². The highest BCUT2D eigenvalue weighted by molar-refractivity contribution is 7.19. The summed E-state index contributed by atoms with van der Waals surface area (Å²) in [4.78, 5) is 11.6. The Morgan fingerprint density at radius 1 is 1.47 bits per heavy atom. The molecular weight excluding hydrogens is 240 g/mol. The van der Waals surface area contributed by atoms with E-state index in [9.17, 15) is 15.1 Å². The minimum atomic E-state index is -0.891. The highest BCUT2D eigenvalue weighted by Gasteiger charge is 2.19. The van der Waals surface area contributed by atoms with Gasteiger partial charge in [-0.05, 0) is 36.6 Å². The minimum absolute atomic E-state index is 0.189. The highest BCUT2D eigenvalue weighted by Crippen LogP contribution is 2.33. The molecule has 0 spiro atoms. The van der Waals surface area contributed by atoms with E-state index in [0.29, 0.717) is 5.06 Å². The Bertz CT molecular complexity index is 567. The normalized spacial score (nSPS) is 12.6. The molecule has 5 nitrogen and oxygen atoms in total. The highest BCUT2D eigenvalue weighted by atomic mass is 32.1. The SMILES string of the molecule is C[C@@H](c1cc2ccc(O)cc2s1)N(O)C(N)=O. The van der Waals surface area contributed by atoms with Crippen molar-refractivity contribution in [1.82, 2.24) is 5.06 Å². The number of hydroxylamine groups is 2. The maximum atomic E-state index is 10.8. The van der Waals surface area contributed by atoms with Gasteiger partial charge in [0.25, 0.3) is 0 Å². The van der Waals surface area contributed by atoms with Crippen LogP contribution in [0.15, 0.2) is 24.3 Å². The van der Waals surface area contributed by atoms with Crippen LogP contribution in [0.25, 0.3) is 10.1 Å². The number of nitrogens with two attached hydrogens (primary N) is 1. The maximum Gasteiger partial charge on any atom is 0.339 e. The lowest BCUT2D eigenvalue weighted by molar-refractivity contribution is -0.0700. The van der Waals surface area contributed by atoms with E-state index < -0.39 is 12.1 Å². The number of benzene rings is 1.